The number of Topliss-reactive ketones (excluding diaryl/α,β-unsaturated/α-hetero) is 1. The van der Waals surface area contributed by atoms with Crippen LogP contribution in [0.1, 0.15) is 43.4 Å². The van der Waals surface area contributed by atoms with Gasteiger partial charge in [0.15, 0.2) is 5.78 Å². The number of aryl methyl sites for hydroxylation is 2. The first-order valence-corrected chi connectivity index (χ1v) is 11.1. The van der Waals surface area contributed by atoms with E-state index in [9.17, 15) is 14.9 Å². The maximum Gasteiger partial charge on any atom is 0.245 e. The Morgan fingerprint density at radius 1 is 1.06 bits per heavy atom. The Morgan fingerprint density at radius 3 is 2.39 bits per heavy atom. The summed E-state index contributed by atoms with van der Waals surface area (Å²) in [6.07, 6.45) is 0.847. The smallest absolute Gasteiger partial charge is 0.245 e. The van der Waals surface area contributed by atoms with E-state index >= 15 is 0 Å². The summed E-state index contributed by atoms with van der Waals surface area (Å²) >= 11 is 0. The van der Waals surface area contributed by atoms with E-state index in [4.69, 9.17) is 5.73 Å². The molecule has 2 heterocycles. The predicted octanol–water partition coefficient (Wildman–Crippen LogP) is 4.35. The minimum absolute atomic E-state index is 0.0934. The number of rotatable bonds is 1. The van der Waals surface area contributed by atoms with Crippen molar-refractivity contribution in [3.8, 4) is 6.07 Å². The molecule has 33 heavy (non-hydrogen) atoms. The molecule has 3 N–H and O–H groups in total. The van der Waals surface area contributed by atoms with Gasteiger partial charge in [-0.2, -0.15) is 5.26 Å². The zero-order chi connectivity index (χ0) is 23.7. The van der Waals surface area contributed by atoms with Crippen LogP contribution in [0.2, 0.25) is 0 Å². The number of hydrogen-bond donors (Lipinski definition) is 2. The van der Waals surface area contributed by atoms with Gasteiger partial charge in [-0.25, -0.2) is 0 Å². The SMILES string of the molecule is Cc1cc(C)cc(N2C(N)=C(C#N)C3(C(=O)Nc4ccccc43)C3=C2CC(C)(C)CC3=O)c1. The van der Waals surface area contributed by atoms with Gasteiger partial charge in [-0.05, 0) is 55.0 Å². The molecule has 0 aromatic heterocycles. The molecule has 1 unspecified atom stereocenters. The number of benzene rings is 2. The normalized spacial score (nSPS) is 23.4. The number of nitrogens with two attached hydrogens (primary N) is 1. The highest BCUT2D eigenvalue weighted by Gasteiger charge is 2.61. The van der Waals surface area contributed by atoms with Gasteiger partial charge >= 0.3 is 0 Å². The van der Waals surface area contributed by atoms with Crippen LogP contribution in [0.3, 0.4) is 0 Å². The molecule has 2 aromatic carbocycles. The van der Waals surface area contributed by atoms with Gasteiger partial charge in [-0.15, -0.1) is 0 Å². The lowest BCUT2D eigenvalue weighted by atomic mass is 9.61. The molecule has 166 valence electrons. The van der Waals surface area contributed by atoms with E-state index in [0.717, 1.165) is 16.8 Å². The maximum absolute atomic E-state index is 13.8. The van der Waals surface area contributed by atoms with Crippen molar-refractivity contribution in [1.29, 1.82) is 5.26 Å². The summed E-state index contributed by atoms with van der Waals surface area (Å²) in [5, 5.41) is 13.3. The molecular formula is C27H26N4O2. The lowest BCUT2D eigenvalue weighted by Crippen LogP contribution is -2.52. The number of allylic oxidation sites excluding steroid dienone is 1. The fourth-order valence-electron chi connectivity index (χ4n) is 5.75. The Hall–Kier alpha value is -3.85. The second-order valence-corrected chi connectivity index (χ2v) is 10.1. The number of amides is 1. The molecule has 1 aliphatic carbocycles. The summed E-state index contributed by atoms with van der Waals surface area (Å²) in [4.78, 5) is 29.3. The first-order valence-electron chi connectivity index (χ1n) is 11.1. The van der Waals surface area contributed by atoms with Gasteiger partial charge in [-0.1, -0.05) is 38.1 Å². The average molecular weight is 439 g/mol. The van der Waals surface area contributed by atoms with Gasteiger partial charge in [0.25, 0.3) is 0 Å². The number of para-hydroxylation sites is 1. The van der Waals surface area contributed by atoms with E-state index < -0.39 is 11.3 Å². The molecule has 3 aliphatic rings. The molecule has 1 amide bonds. The number of hydrogen-bond acceptors (Lipinski definition) is 5. The van der Waals surface area contributed by atoms with Crippen molar-refractivity contribution in [2.45, 2.75) is 46.0 Å². The zero-order valence-corrected chi connectivity index (χ0v) is 19.2. The van der Waals surface area contributed by atoms with E-state index in [1.807, 2.05) is 62.9 Å². The van der Waals surface area contributed by atoms with Crippen LogP contribution >= 0.6 is 0 Å². The molecule has 0 saturated heterocycles. The molecule has 0 bridgehead atoms. The van der Waals surface area contributed by atoms with E-state index in [1.54, 1.807) is 6.07 Å². The van der Waals surface area contributed by atoms with Crippen LogP contribution in [0.5, 0.6) is 0 Å². The topological polar surface area (TPSA) is 99.2 Å². The van der Waals surface area contributed by atoms with E-state index in [1.165, 1.54) is 0 Å². The zero-order valence-electron chi connectivity index (χ0n) is 19.2. The monoisotopic (exact) mass is 438 g/mol. The minimum Gasteiger partial charge on any atom is -0.384 e. The summed E-state index contributed by atoms with van der Waals surface area (Å²) in [6, 6.07) is 15.5. The summed E-state index contributed by atoms with van der Waals surface area (Å²) < 4.78 is 0. The van der Waals surface area contributed by atoms with E-state index in [0.29, 0.717) is 35.4 Å². The number of nitrogens with one attached hydrogen (secondary N) is 1. The van der Waals surface area contributed by atoms with Crippen molar-refractivity contribution < 1.29 is 9.59 Å². The third kappa shape index (κ3) is 2.78. The summed E-state index contributed by atoms with van der Waals surface area (Å²) in [6.45, 7) is 8.09. The number of anilines is 2. The fraction of sp³-hybridized carbons (Fsp3) is 0.296. The highest BCUT2D eigenvalue weighted by molar-refractivity contribution is 6.20. The van der Waals surface area contributed by atoms with Crippen molar-refractivity contribution in [3.63, 3.8) is 0 Å². The van der Waals surface area contributed by atoms with Gasteiger partial charge in [-0.3, -0.25) is 14.5 Å². The van der Waals surface area contributed by atoms with Crippen LogP contribution in [-0.2, 0) is 15.0 Å². The van der Waals surface area contributed by atoms with Crippen molar-refractivity contribution >= 4 is 23.1 Å². The van der Waals surface area contributed by atoms with Crippen LogP contribution in [0.4, 0.5) is 11.4 Å². The van der Waals surface area contributed by atoms with Crippen LogP contribution in [0.25, 0.3) is 0 Å². The molecule has 6 nitrogen and oxygen atoms in total. The predicted molar refractivity (Wildman–Crippen MR) is 127 cm³/mol. The number of nitrogens with zero attached hydrogens (tertiary/aromatic N) is 2. The Morgan fingerprint density at radius 2 is 1.73 bits per heavy atom. The van der Waals surface area contributed by atoms with Crippen molar-refractivity contribution in [3.05, 3.63) is 81.8 Å². The molecule has 0 saturated carbocycles. The molecular weight excluding hydrogens is 412 g/mol. The number of nitriles is 1. The highest BCUT2D eigenvalue weighted by Crippen LogP contribution is 2.57. The van der Waals surface area contributed by atoms with Gasteiger partial charge in [0, 0.05) is 34.6 Å². The molecule has 0 fully saturated rings. The molecule has 5 rings (SSSR count). The molecule has 0 radical (unpaired) electrons. The van der Waals surface area contributed by atoms with E-state index in [2.05, 4.69) is 17.5 Å². The summed E-state index contributed by atoms with van der Waals surface area (Å²) in [5.74, 6) is -0.329. The number of carbonyl (C=O) groups is 2. The van der Waals surface area contributed by atoms with Crippen molar-refractivity contribution in [2.75, 3.05) is 10.2 Å². The number of carbonyl (C=O) groups excluding carboxylic acids is 2. The lowest BCUT2D eigenvalue weighted by Gasteiger charge is -2.46. The second kappa shape index (κ2) is 6.82. The summed E-state index contributed by atoms with van der Waals surface area (Å²) in [5.41, 5.74) is 10.1. The molecule has 1 spiro atoms. The standard InChI is InChI=1S/C27H26N4O2/c1-15-9-16(2)11-17(10-15)31-21-12-26(3,4)13-22(32)23(21)27(19(14-28)24(31)29)18-7-5-6-8-20(18)30-25(27)33/h5-11H,12-13,29H2,1-4H3,(H,30,33). The van der Waals surface area contributed by atoms with Gasteiger partial charge in [0.05, 0.1) is 5.57 Å². The molecule has 6 heteroatoms. The number of fused-ring (bicyclic) bond motifs is 3. The van der Waals surface area contributed by atoms with Crippen LogP contribution in [0, 0.1) is 30.6 Å². The van der Waals surface area contributed by atoms with Gasteiger partial charge in [0.1, 0.15) is 17.3 Å². The number of ketones is 1. The van der Waals surface area contributed by atoms with Gasteiger partial charge < -0.3 is 11.1 Å². The lowest BCUT2D eigenvalue weighted by molar-refractivity contribution is -0.123. The van der Waals surface area contributed by atoms with E-state index in [-0.39, 0.29) is 22.6 Å². The maximum atomic E-state index is 13.8. The molecule has 1 atom stereocenters. The van der Waals surface area contributed by atoms with Crippen molar-refractivity contribution in [1.82, 2.24) is 0 Å². The highest BCUT2D eigenvalue weighted by atomic mass is 16.2. The second-order valence-electron chi connectivity index (χ2n) is 10.1. The average Bonchev–Trinajstić information content (AvgIpc) is 2.99. The van der Waals surface area contributed by atoms with Crippen LogP contribution in [0.15, 0.2) is 65.1 Å². The largest absolute Gasteiger partial charge is 0.384 e. The van der Waals surface area contributed by atoms with Crippen molar-refractivity contribution in [2.24, 2.45) is 11.1 Å². The Kier molecular flexibility index (Phi) is 4.35. The van der Waals surface area contributed by atoms with Crippen LogP contribution in [-0.4, -0.2) is 11.7 Å². The first kappa shape index (κ1) is 21.0. The third-order valence-corrected chi connectivity index (χ3v) is 6.87. The van der Waals surface area contributed by atoms with Crippen LogP contribution < -0.4 is 16.0 Å². The first-order chi connectivity index (χ1) is 15.6. The molecule has 2 aliphatic heterocycles. The third-order valence-electron chi connectivity index (χ3n) is 6.87. The Balaban J connectivity index is 1.91. The Bertz CT molecular complexity index is 1340. The molecule has 2 aromatic rings. The quantitative estimate of drug-likeness (QED) is 0.690. The fourth-order valence-corrected chi connectivity index (χ4v) is 5.75. The Labute approximate surface area is 193 Å². The van der Waals surface area contributed by atoms with Gasteiger partial charge in [0.2, 0.25) is 5.91 Å². The minimum atomic E-state index is -1.53. The summed E-state index contributed by atoms with van der Waals surface area (Å²) in [7, 11) is 0.